The highest BCUT2D eigenvalue weighted by atomic mass is 35.5. The molecule has 1 atom stereocenters. The first-order valence-electron chi connectivity index (χ1n) is 7.02. The van der Waals surface area contributed by atoms with Crippen LogP contribution in [0, 0.1) is 5.92 Å². The van der Waals surface area contributed by atoms with Crippen LogP contribution in [0.3, 0.4) is 0 Å². The lowest BCUT2D eigenvalue weighted by atomic mass is 9.59. The van der Waals surface area contributed by atoms with Gasteiger partial charge >= 0.3 is 0 Å². The van der Waals surface area contributed by atoms with Crippen molar-refractivity contribution in [3.8, 4) is 0 Å². The molecule has 0 aliphatic heterocycles. The Kier molecular flexibility index (Phi) is 4.34. The van der Waals surface area contributed by atoms with Crippen LogP contribution in [0.5, 0.6) is 0 Å². The molecule has 1 N–H and O–H groups in total. The van der Waals surface area contributed by atoms with E-state index < -0.39 is 0 Å². The van der Waals surface area contributed by atoms with Gasteiger partial charge in [0.25, 0.3) is 0 Å². The van der Waals surface area contributed by atoms with Crippen LogP contribution < -0.4 is 5.32 Å². The van der Waals surface area contributed by atoms with E-state index in [2.05, 4.69) is 38.3 Å². The van der Waals surface area contributed by atoms with Crippen molar-refractivity contribution in [2.24, 2.45) is 5.92 Å². The Morgan fingerprint density at radius 3 is 2.22 bits per heavy atom. The number of hydrogen-bond acceptors (Lipinski definition) is 1. The topological polar surface area (TPSA) is 12.0 Å². The summed E-state index contributed by atoms with van der Waals surface area (Å²) in [5.74, 6) is 0.729. The van der Waals surface area contributed by atoms with Gasteiger partial charge in [0.2, 0.25) is 0 Å². The van der Waals surface area contributed by atoms with Gasteiger partial charge in [-0.15, -0.1) is 0 Å². The van der Waals surface area contributed by atoms with Crippen molar-refractivity contribution in [1.82, 2.24) is 5.32 Å². The quantitative estimate of drug-likeness (QED) is 0.832. The summed E-state index contributed by atoms with van der Waals surface area (Å²) in [5, 5.41) is 4.39. The lowest BCUT2D eigenvalue weighted by Crippen LogP contribution is -2.52. The Bertz CT molecular complexity index is 379. The van der Waals surface area contributed by atoms with Gasteiger partial charge in [0.1, 0.15) is 0 Å². The summed E-state index contributed by atoms with van der Waals surface area (Å²) in [7, 11) is 2.10. The lowest BCUT2D eigenvalue weighted by Gasteiger charge is -2.49. The number of benzene rings is 1. The van der Waals surface area contributed by atoms with Gasteiger partial charge in [-0.3, -0.25) is 0 Å². The molecule has 1 aliphatic carbocycles. The second-order valence-electron chi connectivity index (χ2n) is 5.99. The maximum atomic E-state index is 6.01. The van der Waals surface area contributed by atoms with E-state index in [1.54, 1.807) is 0 Å². The van der Waals surface area contributed by atoms with E-state index in [1.807, 2.05) is 12.1 Å². The Morgan fingerprint density at radius 1 is 1.22 bits per heavy atom. The number of hydrogen-bond donors (Lipinski definition) is 1. The smallest absolute Gasteiger partial charge is 0.0406 e. The molecule has 0 heterocycles. The maximum Gasteiger partial charge on any atom is 0.0406 e. The molecule has 0 spiro atoms. The van der Waals surface area contributed by atoms with Gasteiger partial charge in [-0.1, -0.05) is 44.0 Å². The number of rotatable bonds is 5. The minimum Gasteiger partial charge on any atom is -0.316 e. The predicted molar refractivity (Wildman–Crippen MR) is 79.3 cm³/mol. The van der Waals surface area contributed by atoms with Gasteiger partial charge in [-0.2, -0.15) is 0 Å². The van der Waals surface area contributed by atoms with E-state index in [9.17, 15) is 0 Å². The first-order valence-corrected chi connectivity index (χ1v) is 7.39. The Balaban J connectivity index is 2.26. The van der Waals surface area contributed by atoms with E-state index in [0.717, 1.165) is 10.9 Å². The summed E-state index contributed by atoms with van der Waals surface area (Å²) in [4.78, 5) is 0. The second-order valence-corrected chi connectivity index (χ2v) is 6.42. The van der Waals surface area contributed by atoms with Crippen LogP contribution in [0.15, 0.2) is 24.3 Å². The molecule has 1 fully saturated rings. The molecule has 1 saturated carbocycles. The van der Waals surface area contributed by atoms with Gasteiger partial charge in [0.15, 0.2) is 0 Å². The fourth-order valence-electron chi connectivity index (χ4n) is 3.27. The molecule has 0 bridgehead atoms. The molecule has 1 nitrogen and oxygen atoms in total. The van der Waals surface area contributed by atoms with Crippen LogP contribution in [0.4, 0.5) is 0 Å². The van der Waals surface area contributed by atoms with Crippen molar-refractivity contribution < 1.29 is 0 Å². The largest absolute Gasteiger partial charge is 0.316 e. The molecule has 100 valence electrons. The van der Waals surface area contributed by atoms with Gasteiger partial charge < -0.3 is 5.32 Å². The van der Waals surface area contributed by atoms with E-state index in [4.69, 9.17) is 11.6 Å². The number of nitrogens with one attached hydrogen (secondary N) is 1. The molecule has 0 amide bonds. The Hall–Kier alpha value is -0.530. The minimum absolute atomic E-state index is 0.337. The summed E-state index contributed by atoms with van der Waals surface area (Å²) in [5.41, 5.74) is 1.79. The standard InChI is InChI=1S/C16H24ClN/c1-12(2)11-15(18-3)16(9-4-10-16)13-5-7-14(17)8-6-13/h5-8,12,15,18H,4,9-11H2,1-3H3/t15-/m0/s1. The summed E-state index contributed by atoms with van der Waals surface area (Å²) >= 11 is 6.01. The van der Waals surface area contributed by atoms with Crippen LogP contribution in [0.2, 0.25) is 5.02 Å². The monoisotopic (exact) mass is 265 g/mol. The summed E-state index contributed by atoms with van der Waals surface area (Å²) in [6.07, 6.45) is 5.18. The zero-order valence-electron chi connectivity index (χ0n) is 11.7. The molecule has 0 unspecified atom stereocenters. The first-order chi connectivity index (χ1) is 8.58. The second kappa shape index (κ2) is 5.63. The molecule has 1 aromatic rings. The van der Waals surface area contributed by atoms with Crippen molar-refractivity contribution in [3.63, 3.8) is 0 Å². The van der Waals surface area contributed by atoms with Crippen molar-refractivity contribution in [2.45, 2.75) is 51.0 Å². The normalized spacial score (nSPS) is 19.6. The highest BCUT2D eigenvalue weighted by Crippen LogP contribution is 2.48. The van der Waals surface area contributed by atoms with Crippen LogP contribution in [0.25, 0.3) is 0 Å². The maximum absolute atomic E-state index is 6.01. The van der Waals surface area contributed by atoms with Crippen molar-refractivity contribution in [3.05, 3.63) is 34.9 Å². The van der Waals surface area contributed by atoms with Crippen LogP contribution in [-0.2, 0) is 5.41 Å². The summed E-state index contributed by atoms with van der Waals surface area (Å²) in [6.45, 7) is 4.61. The van der Waals surface area contributed by atoms with E-state index in [1.165, 1.54) is 31.2 Å². The molecule has 18 heavy (non-hydrogen) atoms. The highest BCUT2D eigenvalue weighted by molar-refractivity contribution is 6.30. The van der Waals surface area contributed by atoms with Crippen LogP contribution in [-0.4, -0.2) is 13.1 Å². The molecular weight excluding hydrogens is 242 g/mol. The zero-order chi connectivity index (χ0) is 13.2. The molecule has 0 saturated heterocycles. The summed E-state index contributed by atoms with van der Waals surface area (Å²) < 4.78 is 0. The average Bonchev–Trinajstić information content (AvgIpc) is 2.28. The first kappa shape index (κ1) is 13.9. The van der Waals surface area contributed by atoms with E-state index >= 15 is 0 Å². The van der Waals surface area contributed by atoms with Crippen molar-refractivity contribution in [1.29, 1.82) is 0 Å². The van der Waals surface area contributed by atoms with Crippen LogP contribution >= 0.6 is 11.6 Å². The Labute approximate surface area is 116 Å². The highest BCUT2D eigenvalue weighted by Gasteiger charge is 2.44. The molecule has 1 aliphatic rings. The molecule has 1 aromatic carbocycles. The van der Waals surface area contributed by atoms with Gasteiger partial charge in [0.05, 0.1) is 0 Å². The third-order valence-corrected chi connectivity index (χ3v) is 4.64. The fraction of sp³-hybridized carbons (Fsp3) is 0.625. The fourth-order valence-corrected chi connectivity index (χ4v) is 3.39. The Morgan fingerprint density at radius 2 is 1.83 bits per heavy atom. The molecule has 2 heteroatoms. The van der Waals surface area contributed by atoms with Gasteiger partial charge in [0, 0.05) is 16.5 Å². The molecular formula is C16H24ClN. The molecule has 0 radical (unpaired) electrons. The number of halogens is 1. The molecule has 0 aromatic heterocycles. The summed E-state index contributed by atoms with van der Waals surface area (Å²) in [6, 6.07) is 9.06. The number of likely N-dealkylation sites (N-methyl/N-ethyl adjacent to an activating group) is 1. The van der Waals surface area contributed by atoms with Gasteiger partial charge in [-0.25, -0.2) is 0 Å². The average molecular weight is 266 g/mol. The van der Waals surface area contributed by atoms with Crippen LogP contribution in [0.1, 0.15) is 45.1 Å². The van der Waals surface area contributed by atoms with E-state index in [-0.39, 0.29) is 0 Å². The SMILES string of the molecule is CN[C@@H](CC(C)C)C1(c2ccc(Cl)cc2)CCC1. The van der Waals surface area contributed by atoms with Crippen molar-refractivity contribution >= 4 is 11.6 Å². The van der Waals surface area contributed by atoms with E-state index in [0.29, 0.717) is 11.5 Å². The van der Waals surface area contributed by atoms with Crippen molar-refractivity contribution in [2.75, 3.05) is 7.05 Å². The van der Waals surface area contributed by atoms with Gasteiger partial charge in [-0.05, 0) is 49.9 Å². The minimum atomic E-state index is 0.337. The third-order valence-electron chi connectivity index (χ3n) is 4.39. The third kappa shape index (κ3) is 2.57. The molecule has 2 rings (SSSR count). The zero-order valence-corrected chi connectivity index (χ0v) is 12.4. The lowest BCUT2D eigenvalue weighted by molar-refractivity contribution is 0.157. The predicted octanol–water partition coefficient (Wildman–Crippen LogP) is 4.40.